The van der Waals surface area contributed by atoms with Gasteiger partial charge in [0, 0.05) is 19.5 Å². The van der Waals surface area contributed by atoms with E-state index in [-0.39, 0.29) is 18.4 Å². The van der Waals surface area contributed by atoms with E-state index in [0.29, 0.717) is 18.9 Å². The van der Waals surface area contributed by atoms with E-state index in [1.807, 2.05) is 6.92 Å². The average Bonchev–Trinajstić information content (AvgIpc) is 2.42. The lowest BCUT2D eigenvalue weighted by atomic mass is 9.97. The molecule has 6 nitrogen and oxygen atoms in total. The Kier molecular flexibility index (Phi) is 7.36. The predicted molar refractivity (Wildman–Crippen MR) is 77.7 cm³/mol. The van der Waals surface area contributed by atoms with Crippen LogP contribution in [0.2, 0.25) is 0 Å². The number of carboxylic acids is 1. The van der Waals surface area contributed by atoms with Gasteiger partial charge in [0.25, 0.3) is 0 Å². The normalized spacial score (nSPS) is 18.5. The predicted octanol–water partition coefficient (Wildman–Crippen LogP) is 1.13. The Labute approximate surface area is 120 Å². The number of carboxylic acid groups (broad SMARTS) is 1. The van der Waals surface area contributed by atoms with Crippen LogP contribution in [-0.2, 0) is 4.79 Å². The Hall–Kier alpha value is -1.30. The molecule has 1 rings (SSSR count). The third kappa shape index (κ3) is 7.33. The second-order valence-electron chi connectivity index (χ2n) is 5.88. The van der Waals surface area contributed by atoms with E-state index in [1.54, 1.807) is 0 Å². The summed E-state index contributed by atoms with van der Waals surface area (Å²) in [5, 5.41) is 14.3. The van der Waals surface area contributed by atoms with Crippen LogP contribution in [0.15, 0.2) is 0 Å². The first-order valence-corrected chi connectivity index (χ1v) is 7.39. The van der Waals surface area contributed by atoms with E-state index in [9.17, 15) is 9.59 Å². The number of hydrogen-bond acceptors (Lipinski definition) is 3. The van der Waals surface area contributed by atoms with Gasteiger partial charge in [-0.2, -0.15) is 0 Å². The maximum atomic E-state index is 11.6. The molecule has 20 heavy (non-hydrogen) atoms. The van der Waals surface area contributed by atoms with E-state index >= 15 is 0 Å². The summed E-state index contributed by atoms with van der Waals surface area (Å²) in [4.78, 5) is 24.4. The number of urea groups is 1. The number of aliphatic carboxylic acids is 1. The molecule has 1 atom stereocenters. The third-order valence-electron chi connectivity index (χ3n) is 3.85. The molecule has 0 saturated carbocycles. The van der Waals surface area contributed by atoms with Crippen molar-refractivity contribution in [3.63, 3.8) is 0 Å². The van der Waals surface area contributed by atoms with Gasteiger partial charge in [0.15, 0.2) is 0 Å². The Bertz CT molecular complexity index is 315. The topological polar surface area (TPSA) is 81.7 Å². The summed E-state index contributed by atoms with van der Waals surface area (Å²) in [6.07, 6.45) is 3.00. The SMILES string of the molecule is CC(CCC(=O)O)CNC(=O)NCC1CCN(C)CC1. The summed E-state index contributed by atoms with van der Waals surface area (Å²) in [6.45, 7) is 5.39. The van der Waals surface area contributed by atoms with Crippen molar-refractivity contribution in [2.45, 2.75) is 32.6 Å². The van der Waals surface area contributed by atoms with E-state index in [2.05, 4.69) is 22.6 Å². The summed E-state index contributed by atoms with van der Waals surface area (Å²) in [5.41, 5.74) is 0. The van der Waals surface area contributed by atoms with E-state index in [0.717, 1.165) is 32.5 Å². The summed E-state index contributed by atoms with van der Waals surface area (Å²) in [5.74, 6) is -0.0369. The van der Waals surface area contributed by atoms with Crippen molar-refractivity contribution in [1.82, 2.24) is 15.5 Å². The quantitative estimate of drug-likeness (QED) is 0.655. The van der Waals surface area contributed by atoms with Gasteiger partial charge in [0.2, 0.25) is 0 Å². The molecule has 1 aliphatic heterocycles. The monoisotopic (exact) mass is 285 g/mol. The molecule has 0 aromatic carbocycles. The van der Waals surface area contributed by atoms with Crippen LogP contribution in [0.5, 0.6) is 0 Å². The molecule has 1 unspecified atom stereocenters. The number of amides is 2. The van der Waals surface area contributed by atoms with E-state index in [1.165, 1.54) is 0 Å². The molecule has 0 radical (unpaired) electrons. The zero-order valence-corrected chi connectivity index (χ0v) is 12.5. The molecule has 3 N–H and O–H groups in total. The molecule has 1 saturated heterocycles. The second kappa shape index (κ2) is 8.79. The zero-order chi connectivity index (χ0) is 15.0. The summed E-state index contributed by atoms with van der Waals surface area (Å²) < 4.78 is 0. The lowest BCUT2D eigenvalue weighted by molar-refractivity contribution is -0.137. The number of carbonyl (C=O) groups is 2. The molecule has 6 heteroatoms. The highest BCUT2D eigenvalue weighted by atomic mass is 16.4. The van der Waals surface area contributed by atoms with Gasteiger partial charge < -0.3 is 20.6 Å². The molecule has 0 spiro atoms. The van der Waals surface area contributed by atoms with Crippen LogP contribution in [0.3, 0.4) is 0 Å². The minimum absolute atomic E-state index is 0.147. The van der Waals surface area contributed by atoms with Gasteiger partial charge in [0.1, 0.15) is 0 Å². The number of nitrogens with one attached hydrogen (secondary N) is 2. The van der Waals surface area contributed by atoms with Gasteiger partial charge in [-0.1, -0.05) is 6.92 Å². The molecule has 2 amide bonds. The van der Waals surface area contributed by atoms with Crippen molar-refractivity contribution >= 4 is 12.0 Å². The van der Waals surface area contributed by atoms with E-state index < -0.39 is 5.97 Å². The van der Waals surface area contributed by atoms with Crippen LogP contribution in [0, 0.1) is 11.8 Å². The molecule has 116 valence electrons. The molecule has 0 aromatic heterocycles. The lowest BCUT2D eigenvalue weighted by Crippen LogP contribution is -2.42. The Morgan fingerprint density at radius 1 is 1.30 bits per heavy atom. The minimum Gasteiger partial charge on any atom is -0.481 e. The highest BCUT2D eigenvalue weighted by molar-refractivity contribution is 5.73. The fourth-order valence-corrected chi connectivity index (χ4v) is 2.30. The van der Waals surface area contributed by atoms with Gasteiger partial charge in [0.05, 0.1) is 0 Å². The first-order valence-electron chi connectivity index (χ1n) is 7.39. The maximum absolute atomic E-state index is 11.6. The van der Waals surface area contributed by atoms with Crippen molar-refractivity contribution in [1.29, 1.82) is 0 Å². The third-order valence-corrected chi connectivity index (χ3v) is 3.85. The van der Waals surface area contributed by atoms with Gasteiger partial charge >= 0.3 is 12.0 Å². The van der Waals surface area contributed by atoms with Gasteiger partial charge in [-0.3, -0.25) is 4.79 Å². The molecule has 1 heterocycles. The molecule has 1 fully saturated rings. The second-order valence-corrected chi connectivity index (χ2v) is 5.88. The smallest absolute Gasteiger partial charge is 0.314 e. The summed E-state index contributed by atoms with van der Waals surface area (Å²) >= 11 is 0. The van der Waals surface area contributed by atoms with Crippen LogP contribution in [0.25, 0.3) is 0 Å². The van der Waals surface area contributed by atoms with E-state index in [4.69, 9.17) is 5.11 Å². The van der Waals surface area contributed by atoms with Crippen molar-refractivity contribution in [3.05, 3.63) is 0 Å². The largest absolute Gasteiger partial charge is 0.481 e. The molecule has 1 aliphatic rings. The standard InChI is InChI=1S/C14H27N3O3/c1-11(3-4-13(18)19)9-15-14(20)16-10-12-5-7-17(2)8-6-12/h11-12H,3-10H2,1-2H3,(H,18,19)(H2,15,16,20). The van der Waals surface area contributed by atoms with Gasteiger partial charge in [-0.05, 0) is 51.2 Å². The number of nitrogens with zero attached hydrogens (tertiary/aromatic N) is 1. The molecular weight excluding hydrogens is 258 g/mol. The van der Waals surface area contributed by atoms with Crippen molar-refractivity contribution in [2.75, 3.05) is 33.2 Å². The number of likely N-dealkylation sites (tertiary alicyclic amines) is 1. The van der Waals surface area contributed by atoms with Gasteiger partial charge in [-0.25, -0.2) is 4.79 Å². The fourth-order valence-electron chi connectivity index (χ4n) is 2.30. The van der Waals surface area contributed by atoms with Crippen LogP contribution in [0.1, 0.15) is 32.6 Å². The van der Waals surface area contributed by atoms with Crippen LogP contribution < -0.4 is 10.6 Å². The van der Waals surface area contributed by atoms with Crippen molar-refractivity contribution in [3.8, 4) is 0 Å². The summed E-state index contributed by atoms with van der Waals surface area (Å²) in [6, 6.07) is -0.147. The maximum Gasteiger partial charge on any atom is 0.314 e. The Balaban J connectivity index is 2.06. The zero-order valence-electron chi connectivity index (χ0n) is 12.5. The van der Waals surface area contributed by atoms with Crippen LogP contribution >= 0.6 is 0 Å². The fraction of sp³-hybridized carbons (Fsp3) is 0.857. The number of piperidine rings is 1. The van der Waals surface area contributed by atoms with Crippen molar-refractivity contribution in [2.24, 2.45) is 11.8 Å². The van der Waals surface area contributed by atoms with Crippen LogP contribution in [0.4, 0.5) is 4.79 Å². The number of hydrogen-bond donors (Lipinski definition) is 3. The highest BCUT2D eigenvalue weighted by Gasteiger charge is 2.17. The Morgan fingerprint density at radius 3 is 2.55 bits per heavy atom. The Morgan fingerprint density at radius 2 is 1.95 bits per heavy atom. The molecule has 0 aliphatic carbocycles. The van der Waals surface area contributed by atoms with Crippen molar-refractivity contribution < 1.29 is 14.7 Å². The highest BCUT2D eigenvalue weighted by Crippen LogP contribution is 2.14. The minimum atomic E-state index is -0.788. The number of carbonyl (C=O) groups excluding carboxylic acids is 1. The molecular formula is C14H27N3O3. The summed E-state index contributed by atoms with van der Waals surface area (Å²) in [7, 11) is 2.12. The average molecular weight is 285 g/mol. The first-order chi connectivity index (χ1) is 9.47. The van der Waals surface area contributed by atoms with Crippen LogP contribution in [-0.4, -0.2) is 55.2 Å². The van der Waals surface area contributed by atoms with Gasteiger partial charge in [-0.15, -0.1) is 0 Å². The lowest BCUT2D eigenvalue weighted by Gasteiger charge is -2.29. The first kappa shape index (κ1) is 16.8. The molecule has 0 aromatic rings. The number of rotatable bonds is 7. The molecule has 0 bridgehead atoms.